The van der Waals surface area contributed by atoms with Gasteiger partial charge in [0, 0.05) is 18.9 Å². The first-order valence-corrected chi connectivity index (χ1v) is 9.26. The molecular formula is C20H29N3O. The molecule has 1 aliphatic heterocycles. The van der Waals surface area contributed by atoms with Crippen molar-refractivity contribution in [1.29, 1.82) is 0 Å². The fourth-order valence-electron chi connectivity index (χ4n) is 3.63. The van der Waals surface area contributed by atoms with Crippen LogP contribution in [0.3, 0.4) is 0 Å². The van der Waals surface area contributed by atoms with Gasteiger partial charge in [0.2, 0.25) is 0 Å². The Hall–Kier alpha value is -1.65. The predicted octanol–water partition coefficient (Wildman–Crippen LogP) is 3.50. The molecule has 0 amide bonds. The molecule has 130 valence electrons. The number of aryl methyl sites for hydroxylation is 1. The molecule has 1 aromatic carbocycles. The molecule has 0 spiro atoms. The minimum Gasteiger partial charge on any atom is -0.388 e. The average molecular weight is 327 g/mol. The fraction of sp³-hybridized carbons (Fsp3) is 0.550. The van der Waals surface area contributed by atoms with Crippen LogP contribution >= 0.6 is 0 Å². The Kier molecular flexibility index (Phi) is 6.44. The second-order valence-electron chi connectivity index (χ2n) is 6.86. The van der Waals surface area contributed by atoms with E-state index in [0.717, 1.165) is 38.0 Å². The largest absolute Gasteiger partial charge is 0.388 e. The number of unbranched alkanes of at least 4 members (excludes halogenated alkanes) is 2. The topological polar surface area (TPSA) is 41.3 Å². The molecule has 4 nitrogen and oxygen atoms in total. The quantitative estimate of drug-likeness (QED) is 0.755. The van der Waals surface area contributed by atoms with Gasteiger partial charge in [-0.3, -0.25) is 4.68 Å². The summed E-state index contributed by atoms with van der Waals surface area (Å²) in [6.45, 7) is 4.45. The number of aliphatic hydroxyl groups is 1. The van der Waals surface area contributed by atoms with Gasteiger partial charge in [-0.05, 0) is 62.9 Å². The van der Waals surface area contributed by atoms with Gasteiger partial charge in [-0.1, -0.05) is 36.8 Å². The molecule has 3 rings (SSSR count). The number of benzene rings is 1. The predicted molar refractivity (Wildman–Crippen MR) is 96.6 cm³/mol. The van der Waals surface area contributed by atoms with Crippen molar-refractivity contribution in [1.82, 2.24) is 14.7 Å². The van der Waals surface area contributed by atoms with Crippen LogP contribution < -0.4 is 0 Å². The lowest BCUT2D eigenvalue weighted by Gasteiger charge is -2.34. The average Bonchev–Trinajstić information content (AvgIpc) is 3.16. The highest BCUT2D eigenvalue weighted by molar-refractivity contribution is 5.18. The lowest BCUT2D eigenvalue weighted by molar-refractivity contribution is 0.0584. The molecule has 2 aromatic rings. The summed E-state index contributed by atoms with van der Waals surface area (Å²) in [6.07, 6.45) is 9.48. The third kappa shape index (κ3) is 4.92. The summed E-state index contributed by atoms with van der Waals surface area (Å²) in [5, 5.41) is 14.8. The van der Waals surface area contributed by atoms with Crippen LogP contribution in [0, 0.1) is 5.92 Å². The standard InChI is InChI=1S/C20H29N3O/c24-20(18-8-3-1-4-9-18)19-10-16-22(17-11-19)13-5-2-6-14-23-15-7-12-21-23/h1,3-4,7-9,12,15,19-20,24H,2,5-6,10-11,13-14,16-17H2. The van der Waals surface area contributed by atoms with Gasteiger partial charge in [0.1, 0.15) is 0 Å². The molecule has 24 heavy (non-hydrogen) atoms. The first-order valence-electron chi connectivity index (χ1n) is 9.26. The summed E-state index contributed by atoms with van der Waals surface area (Å²) in [7, 11) is 0. The second-order valence-corrected chi connectivity index (χ2v) is 6.86. The highest BCUT2D eigenvalue weighted by Gasteiger charge is 2.25. The number of nitrogens with zero attached hydrogens (tertiary/aromatic N) is 3. The van der Waals surface area contributed by atoms with Crippen LogP contribution in [0.5, 0.6) is 0 Å². The van der Waals surface area contributed by atoms with Gasteiger partial charge in [0.15, 0.2) is 0 Å². The zero-order valence-electron chi connectivity index (χ0n) is 14.4. The Morgan fingerprint density at radius 1 is 1.00 bits per heavy atom. The van der Waals surface area contributed by atoms with Crippen molar-refractivity contribution < 1.29 is 5.11 Å². The van der Waals surface area contributed by atoms with E-state index >= 15 is 0 Å². The van der Waals surface area contributed by atoms with Crippen molar-refractivity contribution in [3.63, 3.8) is 0 Å². The number of aliphatic hydroxyl groups excluding tert-OH is 1. The molecule has 0 bridgehead atoms. The van der Waals surface area contributed by atoms with Crippen LogP contribution in [0.4, 0.5) is 0 Å². The summed E-state index contributed by atoms with van der Waals surface area (Å²) in [5.41, 5.74) is 1.06. The van der Waals surface area contributed by atoms with Crippen LogP contribution in [0.15, 0.2) is 48.8 Å². The summed E-state index contributed by atoms with van der Waals surface area (Å²) in [6, 6.07) is 12.1. The lowest BCUT2D eigenvalue weighted by Crippen LogP contribution is -2.36. The van der Waals surface area contributed by atoms with Crippen molar-refractivity contribution in [3.05, 3.63) is 54.4 Å². The maximum Gasteiger partial charge on any atom is 0.0819 e. The first-order chi connectivity index (χ1) is 11.8. The van der Waals surface area contributed by atoms with Crippen LogP contribution in [0.1, 0.15) is 43.8 Å². The molecule has 1 fully saturated rings. The fourth-order valence-corrected chi connectivity index (χ4v) is 3.63. The third-order valence-electron chi connectivity index (χ3n) is 5.14. The second kappa shape index (κ2) is 9.00. The molecule has 2 heterocycles. The summed E-state index contributed by atoms with van der Waals surface area (Å²) < 4.78 is 2.01. The normalized spacial score (nSPS) is 17.9. The molecule has 1 N–H and O–H groups in total. The van der Waals surface area contributed by atoms with E-state index in [1.54, 1.807) is 0 Å². The number of likely N-dealkylation sites (tertiary alicyclic amines) is 1. The van der Waals surface area contributed by atoms with Crippen molar-refractivity contribution in [3.8, 4) is 0 Å². The van der Waals surface area contributed by atoms with Gasteiger partial charge in [-0.2, -0.15) is 5.10 Å². The van der Waals surface area contributed by atoms with E-state index in [1.807, 2.05) is 53.5 Å². The molecule has 4 heteroatoms. The van der Waals surface area contributed by atoms with Crippen molar-refractivity contribution in [2.75, 3.05) is 19.6 Å². The van der Waals surface area contributed by atoms with Crippen molar-refractivity contribution >= 4 is 0 Å². The Balaban J connectivity index is 1.30. The number of hydrogen-bond acceptors (Lipinski definition) is 3. The van der Waals surface area contributed by atoms with Crippen LogP contribution in [0.2, 0.25) is 0 Å². The van der Waals surface area contributed by atoms with E-state index in [9.17, 15) is 5.11 Å². The van der Waals surface area contributed by atoms with E-state index in [1.165, 1.54) is 25.8 Å². The molecule has 0 saturated carbocycles. The SMILES string of the molecule is OC(c1ccccc1)C1CCN(CCCCCn2cccn2)CC1. The minimum absolute atomic E-state index is 0.303. The number of rotatable bonds is 8. The van der Waals surface area contributed by atoms with E-state index in [2.05, 4.69) is 10.00 Å². The Morgan fingerprint density at radius 3 is 2.46 bits per heavy atom. The molecule has 1 aliphatic rings. The zero-order valence-corrected chi connectivity index (χ0v) is 14.4. The van der Waals surface area contributed by atoms with Gasteiger partial charge in [-0.15, -0.1) is 0 Å². The van der Waals surface area contributed by atoms with Crippen molar-refractivity contribution in [2.24, 2.45) is 5.92 Å². The number of piperidine rings is 1. The Bertz CT molecular complexity index is 562. The Labute approximate surface area is 145 Å². The maximum atomic E-state index is 10.5. The van der Waals surface area contributed by atoms with Gasteiger partial charge < -0.3 is 10.0 Å². The molecule has 1 saturated heterocycles. The van der Waals surface area contributed by atoms with Gasteiger partial charge in [-0.25, -0.2) is 0 Å². The molecule has 1 atom stereocenters. The van der Waals surface area contributed by atoms with Gasteiger partial charge >= 0.3 is 0 Å². The van der Waals surface area contributed by atoms with E-state index in [-0.39, 0.29) is 6.10 Å². The summed E-state index contributed by atoms with van der Waals surface area (Å²) in [4.78, 5) is 2.56. The third-order valence-corrected chi connectivity index (χ3v) is 5.14. The van der Waals surface area contributed by atoms with E-state index in [0.29, 0.717) is 5.92 Å². The highest BCUT2D eigenvalue weighted by atomic mass is 16.3. The number of hydrogen-bond donors (Lipinski definition) is 1. The molecule has 0 aliphatic carbocycles. The van der Waals surface area contributed by atoms with Gasteiger partial charge in [0.05, 0.1) is 6.10 Å². The molecule has 1 aromatic heterocycles. The van der Waals surface area contributed by atoms with Gasteiger partial charge in [0.25, 0.3) is 0 Å². The lowest BCUT2D eigenvalue weighted by atomic mass is 9.87. The first kappa shape index (κ1) is 17.2. The molecule has 0 radical (unpaired) electrons. The zero-order chi connectivity index (χ0) is 16.6. The van der Waals surface area contributed by atoms with Crippen LogP contribution in [0.25, 0.3) is 0 Å². The molecule has 1 unspecified atom stereocenters. The summed E-state index contributed by atoms with van der Waals surface area (Å²) >= 11 is 0. The van der Waals surface area contributed by atoms with E-state index < -0.39 is 0 Å². The monoisotopic (exact) mass is 327 g/mol. The van der Waals surface area contributed by atoms with Crippen molar-refractivity contribution in [2.45, 2.75) is 44.8 Å². The van der Waals surface area contributed by atoms with Crippen LogP contribution in [-0.4, -0.2) is 39.4 Å². The smallest absolute Gasteiger partial charge is 0.0819 e. The maximum absolute atomic E-state index is 10.5. The minimum atomic E-state index is -0.303. The highest BCUT2D eigenvalue weighted by Crippen LogP contribution is 2.30. The number of aromatic nitrogens is 2. The van der Waals surface area contributed by atoms with E-state index in [4.69, 9.17) is 0 Å². The molecular weight excluding hydrogens is 298 g/mol. The summed E-state index contributed by atoms with van der Waals surface area (Å²) in [5.74, 6) is 0.406. The Morgan fingerprint density at radius 2 is 1.75 bits per heavy atom. The van der Waals surface area contributed by atoms with Crippen LogP contribution in [-0.2, 0) is 6.54 Å².